The maximum atomic E-state index is 3.80. The molecule has 0 bridgehead atoms. The molecule has 0 heterocycles. The Morgan fingerprint density at radius 2 is 1.31 bits per heavy atom. The minimum Gasteiger partial charge on any atom is -0.111 e. The fourth-order valence-electron chi connectivity index (χ4n) is 3.72. The maximum Gasteiger partial charge on any atom is 0.0309 e. The summed E-state index contributed by atoms with van der Waals surface area (Å²) in [7, 11) is 0. The van der Waals surface area contributed by atoms with E-state index >= 15 is 0 Å². The lowest BCUT2D eigenvalue weighted by molar-refractivity contribution is 0.706. The molecule has 0 radical (unpaired) electrons. The molecule has 0 nitrogen and oxygen atoms in total. The molecule has 0 aromatic heterocycles. The van der Waals surface area contributed by atoms with Gasteiger partial charge in [0, 0.05) is 15.5 Å². The van der Waals surface area contributed by atoms with Crippen LogP contribution < -0.4 is 0 Å². The number of hydrogen-bond acceptors (Lipinski definition) is 0. The predicted octanol–water partition coefficient (Wildman–Crippen LogP) is 7.01. The third-order valence-corrected chi connectivity index (χ3v) is 6.13. The molecular formula is C25H21Br. The molecule has 1 saturated carbocycles. The van der Waals surface area contributed by atoms with Crippen molar-refractivity contribution < 1.29 is 0 Å². The summed E-state index contributed by atoms with van der Waals surface area (Å²) in [5.74, 6) is 0.492. The Morgan fingerprint density at radius 3 is 1.81 bits per heavy atom. The topological polar surface area (TPSA) is 0 Å². The van der Waals surface area contributed by atoms with Gasteiger partial charge in [-0.25, -0.2) is 0 Å². The molecule has 128 valence electrons. The summed E-state index contributed by atoms with van der Waals surface area (Å²) in [5.41, 5.74) is 10.2. The molecule has 1 fully saturated rings. The number of hydrogen-bond donors (Lipinski definition) is 0. The Bertz CT molecular complexity index is 936. The SMILES string of the molecule is C[C@H]1C(=C=C(c2ccccc2)c2ccccc2)[C@]1(C)c1ccc(Br)cc1. The average molecular weight is 401 g/mol. The van der Waals surface area contributed by atoms with E-state index in [9.17, 15) is 0 Å². The standard InChI is InChI=1S/C25H21Br/c1-18-24(25(18,2)21-13-15-22(26)16-14-21)17-23(19-9-5-3-6-10-19)20-11-7-4-8-12-20/h3-16,18H,1-2H3/t18-,25-/m0/s1. The van der Waals surface area contributed by atoms with Crippen molar-refractivity contribution in [3.63, 3.8) is 0 Å². The maximum absolute atomic E-state index is 3.80. The monoisotopic (exact) mass is 400 g/mol. The third kappa shape index (κ3) is 2.98. The largest absolute Gasteiger partial charge is 0.111 e. The highest BCUT2D eigenvalue weighted by Crippen LogP contribution is 2.59. The molecule has 0 saturated heterocycles. The molecule has 0 spiro atoms. The zero-order valence-corrected chi connectivity index (χ0v) is 16.6. The number of benzene rings is 3. The molecule has 0 N–H and O–H groups in total. The Labute approximate surface area is 164 Å². The van der Waals surface area contributed by atoms with Crippen molar-refractivity contribution >= 4 is 21.5 Å². The third-order valence-electron chi connectivity index (χ3n) is 5.60. The van der Waals surface area contributed by atoms with Crippen LogP contribution in [0.25, 0.3) is 5.57 Å². The highest BCUT2D eigenvalue weighted by molar-refractivity contribution is 9.10. The summed E-state index contributed by atoms with van der Waals surface area (Å²) in [6.45, 7) is 4.63. The first-order valence-electron chi connectivity index (χ1n) is 8.99. The average Bonchev–Trinajstić information content (AvgIpc) is 3.22. The van der Waals surface area contributed by atoms with E-state index in [1.807, 2.05) is 0 Å². The molecule has 4 rings (SSSR count). The molecule has 2 atom stereocenters. The number of halogens is 1. The van der Waals surface area contributed by atoms with Crippen LogP contribution >= 0.6 is 15.9 Å². The summed E-state index contributed by atoms with van der Waals surface area (Å²) in [5, 5.41) is 0. The van der Waals surface area contributed by atoms with Crippen LogP contribution in [-0.2, 0) is 5.41 Å². The quantitative estimate of drug-likeness (QED) is 0.414. The van der Waals surface area contributed by atoms with E-state index < -0.39 is 0 Å². The van der Waals surface area contributed by atoms with Gasteiger partial charge in [0.15, 0.2) is 0 Å². The molecule has 0 amide bonds. The van der Waals surface area contributed by atoms with Gasteiger partial charge in [-0.15, -0.1) is 5.73 Å². The number of rotatable bonds is 3. The minimum atomic E-state index is 0.0650. The van der Waals surface area contributed by atoms with Crippen LogP contribution in [0.15, 0.2) is 101 Å². The van der Waals surface area contributed by atoms with E-state index in [1.165, 1.54) is 27.8 Å². The van der Waals surface area contributed by atoms with Crippen molar-refractivity contribution in [2.24, 2.45) is 5.92 Å². The van der Waals surface area contributed by atoms with Crippen molar-refractivity contribution in [3.05, 3.63) is 117 Å². The lowest BCUT2D eigenvalue weighted by Crippen LogP contribution is -2.02. The van der Waals surface area contributed by atoms with Gasteiger partial charge in [-0.1, -0.05) is 103 Å². The molecule has 3 aromatic rings. The second-order valence-corrected chi connectivity index (χ2v) is 7.99. The molecule has 0 aliphatic heterocycles. The van der Waals surface area contributed by atoms with Crippen molar-refractivity contribution in [2.45, 2.75) is 19.3 Å². The van der Waals surface area contributed by atoms with Crippen LogP contribution in [0.5, 0.6) is 0 Å². The summed E-state index contributed by atoms with van der Waals surface area (Å²) < 4.78 is 1.12. The number of allylic oxidation sites excluding steroid dienone is 1. The molecule has 1 heteroatoms. The molecule has 1 aliphatic carbocycles. The second-order valence-electron chi connectivity index (χ2n) is 7.08. The van der Waals surface area contributed by atoms with Gasteiger partial charge in [-0.05, 0) is 40.3 Å². The molecular weight excluding hydrogens is 380 g/mol. The van der Waals surface area contributed by atoms with Gasteiger partial charge in [-0.3, -0.25) is 0 Å². The van der Waals surface area contributed by atoms with Crippen molar-refractivity contribution in [2.75, 3.05) is 0 Å². The van der Waals surface area contributed by atoms with Crippen LogP contribution in [0.2, 0.25) is 0 Å². The molecule has 3 aromatic carbocycles. The first-order valence-corrected chi connectivity index (χ1v) is 9.78. The van der Waals surface area contributed by atoms with Crippen molar-refractivity contribution in [1.29, 1.82) is 0 Å². The lowest BCUT2D eigenvalue weighted by Gasteiger charge is -2.09. The first-order chi connectivity index (χ1) is 12.6. The van der Waals surface area contributed by atoms with Crippen LogP contribution in [-0.4, -0.2) is 0 Å². The smallest absolute Gasteiger partial charge is 0.0309 e. The van der Waals surface area contributed by atoms with Crippen molar-refractivity contribution in [3.8, 4) is 0 Å². The Morgan fingerprint density at radius 1 is 0.808 bits per heavy atom. The Hall–Kier alpha value is -2.34. The van der Waals surface area contributed by atoms with Gasteiger partial charge in [0.05, 0.1) is 0 Å². The van der Waals surface area contributed by atoms with E-state index in [1.54, 1.807) is 0 Å². The van der Waals surface area contributed by atoms with E-state index in [-0.39, 0.29) is 5.41 Å². The minimum absolute atomic E-state index is 0.0650. The van der Waals surface area contributed by atoms with Crippen LogP contribution in [0.4, 0.5) is 0 Å². The van der Waals surface area contributed by atoms with Crippen LogP contribution in [0, 0.1) is 5.92 Å². The fourth-order valence-corrected chi connectivity index (χ4v) is 3.98. The van der Waals surface area contributed by atoms with E-state index in [2.05, 4.69) is 120 Å². The van der Waals surface area contributed by atoms with Crippen molar-refractivity contribution in [1.82, 2.24) is 0 Å². The van der Waals surface area contributed by atoms with Gasteiger partial charge in [0.2, 0.25) is 0 Å². The summed E-state index contributed by atoms with van der Waals surface area (Å²) >= 11 is 3.54. The predicted molar refractivity (Wildman–Crippen MR) is 113 cm³/mol. The van der Waals surface area contributed by atoms with E-state index in [0.29, 0.717) is 5.92 Å². The van der Waals surface area contributed by atoms with E-state index in [0.717, 1.165) is 4.47 Å². The summed E-state index contributed by atoms with van der Waals surface area (Å²) in [6, 6.07) is 29.9. The highest BCUT2D eigenvalue weighted by atomic mass is 79.9. The molecule has 1 aliphatic rings. The second kappa shape index (κ2) is 6.76. The zero-order valence-electron chi connectivity index (χ0n) is 15.0. The lowest BCUT2D eigenvalue weighted by atomic mass is 9.94. The highest BCUT2D eigenvalue weighted by Gasteiger charge is 2.54. The Balaban J connectivity index is 1.88. The Kier molecular flexibility index (Phi) is 4.44. The van der Waals surface area contributed by atoms with Crippen LogP contribution in [0.1, 0.15) is 30.5 Å². The van der Waals surface area contributed by atoms with Gasteiger partial charge in [0.1, 0.15) is 0 Å². The van der Waals surface area contributed by atoms with Gasteiger partial charge in [0.25, 0.3) is 0 Å². The zero-order chi connectivity index (χ0) is 18.1. The van der Waals surface area contributed by atoms with Gasteiger partial charge in [-0.2, -0.15) is 0 Å². The normalized spacial score (nSPS) is 21.2. The summed E-state index contributed by atoms with van der Waals surface area (Å²) in [4.78, 5) is 0. The summed E-state index contributed by atoms with van der Waals surface area (Å²) in [6.07, 6.45) is 0. The van der Waals surface area contributed by atoms with E-state index in [4.69, 9.17) is 0 Å². The molecule has 26 heavy (non-hydrogen) atoms. The van der Waals surface area contributed by atoms with Gasteiger partial charge >= 0.3 is 0 Å². The van der Waals surface area contributed by atoms with Crippen LogP contribution in [0.3, 0.4) is 0 Å². The first kappa shape index (κ1) is 17.1. The fraction of sp³-hybridized carbons (Fsp3) is 0.160. The molecule has 0 unspecified atom stereocenters. The van der Waals surface area contributed by atoms with Gasteiger partial charge < -0.3 is 0 Å².